The zero-order valence-electron chi connectivity index (χ0n) is 8.18. The van der Waals surface area contributed by atoms with Crippen LogP contribution >= 0.6 is 0 Å². The van der Waals surface area contributed by atoms with E-state index in [1.54, 1.807) is 13.2 Å². The standard InChI is InChI=1S/C11H13O2/c1-11(2)7-8-5-4-6-9(12-3)10(8)13-11/h5-6H,7H2,1-3H3. The Bertz CT molecular complexity index is 329. The minimum absolute atomic E-state index is 0.106. The van der Waals surface area contributed by atoms with E-state index in [1.165, 1.54) is 5.56 Å². The van der Waals surface area contributed by atoms with Crippen molar-refractivity contribution in [2.75, 3.05) is 7.11 Å². The van der Waals surface area contributed by atoms with Crippen molar-refractivity contribution >= 4 is 0 Å². The molecule has 1 aliphatic rings. The van der Waals surface area contributed by atoms with Crippen molar-refractivity contribution in [2.45, 2.75) is 25.9 Å². The van der Waals surface area contributed by atoms with E-state index in [1.807, 2.05) is 6.07 Å². The second kappa shape index (κ2) is 2.66. The molecule has 0 atom stereocenters. The van der Waals surface area contributed by atoms with Crippen molar-refractivity contribution in [1.29, 1.82) is 0 Å². The molecule has 2 nitrogen and oxygen atoms in total. The maximum absolute atomic E-state index is 5.77. The Morgan fingerprint density at radius 2 is 2.23 bits per heavy atom. The maximum Gasteiger partial charge on any atom is 0.165 e. The van der Waals surface area contributed by atoms with Crippen molar-refractivity contribution < 1.29 is 9.47 Å². The third-order valence-corrected chi connectivity index (χ3v) is 2.20. The lowest BCUT2D eigenvalue weighted by atomic mass is 10.0. The molecule has 0 amide bonds. The van der Waals surface area contributed by atoms with Gasteiger partial charge in [0.2, 0.25) is 0 Å². The zero-order chi connectivity index (χ0) is 9.47. The fourth-order valence-corrected chi connectivity index (χ4v) is 1.68. The van der Waals surface area contributed by atoms with Crippen molar-refractivity contribution in [3.05, 3.63) is 23.8 Å². The summed E-state index contributed by atoms with van der Waals surface area (Å²) >= 11 is 0. The summed E-state index contributed by atoms with van der Waals surface area (Å²) in [6, 6.07) is 6.82. The second-order valence-corrected chi connectivity index (χ2v) is 3.92. The highest BCUT2D eigenvalue weighted by atomic mass is 16.5. The minimum atomic E-state index is -0.106. The van der Waals surface area contributed by atoms with Crippen LogP contribution in [0, 0.1) is 6.07 Å². The molecule has 0 saturated heterocycles. The number of hydrogen-bond acceptors (Lipinski definition) is 2. The van der Waals surface area contributed by atoms with E-state index in [2.05, 4.69) is 19.9 Å². The number of benzene rings is 1. The van der Waals surface area contributed by atoms with Crippen LogP contribution < -0.4 is 9.47 Å². The molecule has 0 bridgehead atoms. The summed E-state index contributed by atoms with van der Waals surface area (Å²) in [7, 11) is 1.65. The molecular weight excluding hydrogens is 164 g/mol. The number of hydrogen-bond donors (Lipinski definition) is 0. The van der Waals surface area contributed by atoms with Gasteiger partial charge in [-0.3, -0.25) is 0 Å². The van der Waals surface area contributed by atoms with E-state index in [0.29, 0.717) is 0 Å². The predicted octanol–water partition coefficient (Wildman–Crippen LogP) is 2.21. The Kier molecular flexibility index (Phi) is 1.72. The summed E-state index contributed by atoms with van der Waals surface area (Å²) in [5.41, 5.74) is 1.08. The molecule has 1 radical (unpaired) electrons. The van der Waals surface area contributed by atoms with Gasteiger partial charge in [0.05, 0.1) is 7.11 Å². The summed E-state index contributed by atoms with van der Waals surface area (Å²) in [6.45, 7) is 4.15. The Labute approximate surface area is 78.5 Å². The molecule has 0 saturated carbocycles. The van der Waals surface area contributed by atoms with E-state index in [4.69, 9.17) is 9.47 Å². The first-order valence-corrected chi connectivity index (χ1v) is 4.38. The summed E-state index contributed by atoms with van der Waals surface area (Å²) in [4.78, 5) is 0. The molecule has 2 heteroatoms. The van der Waals surface area contributed by atoms with Gasteiger partial charge in [-0.05, 0) is 32.0 Å². The zero-order valence-corrected chi connectivity index (χ0v) is 8.18. The van der Waals surface area contributed by atoms with E-state index in [9.17, 15) is 0 Å². The van der Waals surface area contributed by atoms with Crippen molar-refractivity contribution in [3.63, 3.8) is 0 Å². The van der Waals surface area contributed by atoms with Gasteiger partial charge < -0.3 is 9.47 Å². The number of ether oxygens (including phenoxy) is 2. The molecule has 0 aliphatic carbocycles. The van der Waals surface area contributed by atoms with Crippen LogP contribution in [0.2, 0.25) is 0 Å². The fraction of sp³-hybridized carbons (Fsp3) is 0.455. The summed E-state index contributed by atoms with van der Waals surface area (Å²) in [5.74, 6) is 1.66. The average Bonchev–Trinajstić information content (AvgIpc) is 2.37. The smallest absolute Gasteiger partial charge is 0.165 e. The van der Waals surface area contributed by atoms with Gasteiger partial charge in [-0.2, -0.15) is 0 Å². The fourth-order valence-electron chi connectivity index (χ4n) is 1.68. The number of rotatable bonds is 1. The Morgan fingerprint density at radius 3 is 2.92 bits per heavy atom. The van der Waals surface area contributed by atoms with Gasteiger partial charge in [0.25, 0.3) is 0 Å². The topological polar surface area (TPSA) is 18.5 Å². The molecule has 13 heavy (non-hydrogen) atoms. The summed E-state index contributed by atoms with van der Waals surface area (Å²) < 4.78 is 11.0. The quantitative estimate of drug-likeness (QED) is 0.654. The van der Waals surface area contributed by atoms with Gasteiger partial charge in [0.15, 0.2) is 11.5 Å². The molecule has 0 unspecified atom stereocenters. The van der Waals surface area contributed by atoms with Crippen LogP contribution in [0.4, 0.5) is 0 Å². The van der Waals surface area contributed by atoms with E-state index in [0.717, 1.165) is 17.9 Å². The molecule has 69 valence electrons. The second-order valence-electron chi connectivity index (χ2n) is 3.92. The highest BCUT2D eigenvalue weighted by molar-refractivity contribution is 5.49. The van der Waals surface area contributed by atoms with Gasteiger partial charge >= 0.3 is 0 Å². The van der Waals surface area contributed by atoms with Crippen LogP contribution in [-0.2, 0) is 6.42 Å². The van der Waals surface area contributed by atoms with Crippen molar-refractivity contribution in [3.8, 4) is 11.5 Å². The van der Waals surface area contributed by atoms with Crippen LogP contribution in [0.15, 0.2) is 12.1 Å². The van der Waals surface area contributed by atoms with Gasteiger partial charge in [-0.1, -0.05) is 0 Å². The van der Waals surface area contributed by atoms with Crippen LogP contribution in [0.25, 0.3) is 0 Å². The van der Waals surface area contributed by atoms with Crippen LogP contribution in [0.3, 0.4) is 0 Å². The van der Waals surface area contributed by atoms with E-state index < -0.39 is 0 Å². The highest BCUT2D eigenvalue weighted by Crippen LogP contribution is 2.41. The first kappa shape index (κ1) is 8.42. The lowest BCUT2D eigenvalue weighted by molar-refractivity contribution is 0.134. The molecular formula is C11H13O2. The SMILES string of the molecule is COc1c[c]cc2c1OC(C)(C)C2. The molecule has 0 N–H and O–H groups in total. The molecule has 0 spiro atoms. The Balaban J connectivity index is 2.45. The maximum atomic E-state index is 5.77. The molecule has 1 aromatic rings. The Morgan fingerprint density at radius 1 is 1.46 bits per heavy atom. The van der Waals surface area contributed by atoms with Gasteiger partial charge in [-0.15, -0.1) is 0 Å². The first-order valence-electron chi connectivity index (χ1n) is 4.38. The molecule has 1 aliphatic heterocycles. The lowest BCUT2D eigenvalue weighted by Crippen LogP contribution is -2.24. The van der Waals surface area contributed by atoms with Gasteiger partial charge in [0, 0.05) is 12.0 Å². The Hall–Kier alpha value is -1.18. The van der Waals surface area contributed by atoms with Crippen molar-refractivity contribution in [1.82, 2.24) is 0 Å². The molecule has 0 fully saturated rings. The predicted molar refractivity (Wildman–Crippen MR) is 50.2 cm³/mol. The lowest BCUT2D eigenvalue weighted by Gasteiger charge is -2.17. The molecule has 2 rings (SSSR count). The van der Waals surface area contributed by atoms with Crippen LogP contribution in [0.5, 0.6) is 11.5 Å². The van der Waals surface area contributed by atoms with Gasteiger partial charge in [-0.25, -0.2) is 0 Å². The number of methoxy groups -OCH3 is 1. The summed E-state index contributed by atoms with van der Waals surface area (Å²) in [6.07, 6.45) is 0.927. The summed E-state index contributed by atoms with van der Waals surface area (Å²) in [5, 5.41) is 0. The van der Waals surface area contributed by atoms with Gasteiger partial charge in [0.1, 0.15) is 5.60 Å². The third kappa shape index (κ3) is 1.37. The van der Waals surface area contributed by atoms with E-state index >= 15 is 0 Å². The normalized spacial score (nSPS) is 17.8. The largest absolute Gasteiger partial charge is 0.493 e. The molecule has 1 heterocycles. The van der Waals surface area contributed by atoms with E-state index in [-0.39, 0.29) is 5.60 Å². The van der Waals surface area contributed by atoms with Crippen LogP contribution in [0.1, 0.15) is 19.4 Å². The highest BCUT2D eigenvalue weighted by Gasteiger charge is 2.31. The van der Waals surface area contributed by atoms with Crippen LogP contribution in [-0.4, -0.2) is 12.7 Å². The third-order valence-electron chi connectivity index (χ3n) is 2.20. The monoisotopic (exact) mass is 177 g/mol. The van der Waals surface area contributed by atoms with Crippen molar-refractivity contribution in [2.24, 2.45) is 0 Å². The number of fused-ring (bicyclic) bond motifs is 1. The minimum Gasteiger partial charge on any atom is -0.493 e. The average molecular weight is 177 g/mol. The first-order chi connectivity index (χ1) is 6.12. The molecule has 0 aromatic heterocycles. The molecule has 1 aromatic carbocycles.